The Morgan fingerprint density at radius 2 is 1.64 bits per heavy atom. The van der Waals surface area contributed by atoms with E-state index in [0.717, 1.165) is 4.90 Å². The number of methoxy groups -OCH3 is 1. The van der Waals surface area contributed by atoms with Crippen LogP contribution in [0.25, 0.3) is 0 Å². The van der Waals surface area contributed by atoms with E-state index in [1.165, 1.54) is 19.2 Å². The number of likely N-dealkylation sites (tertiary alicyclic amines) is 1. The Labute approximate surface area is 192 Å². The number of hydrogen-bond acceptors (Lipinski definition) is 7. The number of nitrogens with zero attached hydrogens (tertiary/aromatic N) is 2. The monoisotopic (exact) mass is 471 g/mol. The number of anilines is 1. The second-order valence-electron chi connectivity index (χ2n) is 8.07. The molecule has 0 aliphatic carbocycles. The summed E-state index contributed by atoms with van der Waals surface area (Å²) in [7, 11) is -2.32. The molecule has 2 aromatic rings. The van der Waals surface area contributed by atoms with E-state index < -0.39 is 22.0 Å². The lowest BCUT2D eigenvalue weighted by atomic mass is 10.0. The zero-order chi connectivity index (χ0) is 23.6. The van der Waals surface area contributed by atoms with Gasteiger partial charge in [0.1, 0.15) is 0 Å². The second kappa shape index (κ2) is 9.42. The molecule has 1 atom stereocenters. The molecule has 0 unspecified atom stereocenters. The number of benzene rings is 2. The first-order chi connectivity index (χ1) is 15.8. The first kappa shape index (κ1) is 23.1. The Kier molecular flexibility index (Phi) is 6.59. The van der Waals surface area contributed by atoms with E-state index >= 15 is 0 Å². The summed E-state index contributed by atoms with van der Waals surface area (Å²) in [6.45, 7) is 1.00. The summed E-state index contributed by atoms with van der Waals surface area (Å²) in [5, 5.41) is 0. The van der Waals surface area contributed by atoms with Gasteiger partial charge in [0, 0.05) is 19.1 Å². The quantitative estimate of drug-likeness (QED) is 0.502. The van der Waals surface area contributed by atoms with Gasteiger partial charge in [-0.1, -0.05) is 18.2 Å². The lowest BCUT2D eigenvalue weighted by Gasteiger charge is -2.34. The molecule has 4 rings (SSSR count). The normalized spacial score (nSPS) is 20.3. The van der Waals surface area contributed by atoms with Crippen LogP contribution >= 0.6 is 0 Å². The van der Waals surface area contributed by atoms with Gasteiger partial charge in [0.05, 0.1) is 35.7 Å². The summed E-state index contributed by atoms with van der Waals surface area (Å²) < 4.78 is 32.5. The maximum atomic E-state index is 13.0. The van der Waals surface area contributed by atoms with E-state index in [1.54, 1.807) is 42.5 Å². The highest BCUT2D eigenvalue weighted by molar-refractivity contribution is 7.89. The van der Waals surface area contributed by atoms with E-state index in [1.807, 2.05) is 4.90 Å². The van der Waals surface area contributed by atoms with Gasteiger partial charge in [-0.05, 0) is 49.2 Å². The minimum atomic E-state index is -3.60. The molecule has 33 heavy (non-hydrogen) atoms. The molecule has 174 valence electrons. The molecule has 10 heteroatoms. The number of imide groups is 1. The van der Waals surface area contributed by atoms with Crippen molar-refractivity contribution >= 4 is 33.5 Å². The van der Waals surface area contributed by atoms with Gasteiger partial charge in [0.15, 0.2) is 0 Å². The number of piperidine rings is 1. The van der Waals surface area contributed by atoms with Crippen LogP contribution < -0.4 is 9.62 Å². The van der Waals surface area contributed by atoms with Crippen LogP contribution in [0.3, 0.4) is 0 Å². The van der Waals surface area contributed by atoms with Crippen molar-refractivity contribution in [1.82, 2.24) is 9.62 Å². The minimum absolute atomic E-state index is 0.0675. The molecule has 9 nitrogen and oxygen atoms in total. The molecule has 2 saturated heterocycles. The Morgan fingerprint density at radius 3 is 2.24 bits per heavy atom. The smallest absolute Gasteiger partial charge is 0.337 e. The standard InChI is InChI=1S/C23H25N3O6S/c1-32-23(29)16-7-9-18(10-8-16)26-21(27)15-20(22(26)28)25-13-11-17(12-14-25)24-33(30,31)19-5-3-2-4-6-19/h2-10,17,20,24H,11-15H2,1H3/t20-/m1/s1. The summed E-state index contributed by atoms with van der Waals surface area (Å²) in [5.74, 6) is -1.11. The fourth-order valence-corrected chi connectivity index (χ4v) is 5.58. The molecule has 1 N–H and O–H groups in total. The average Bonchev–Trinajstić information content (AvgIpc) is 3.13. The Hall–Kier alpha value is -3.08. The fourth-order valence-electron chi connectivity index (χ4n) is 4.25. The molecule has 0 bridgehead atoms. The van der Waals surface area contributed by atoms with Crippen molar-refractivity contribution in [2.45, 2.75) is 36.2 Å². The van der Waals surface area contributed by atoms with Gasteiger partial charge in [0.25, 0.3) is 5.91 Å². The van der Waals surface area contributed by atoms with E-state index in [0.29, 0.717) is 37.2 Å². The van der Waals surface area contributed by atoms with Gasteiger partial charge in [-0.15, -0.1) is 0 Å². The van der Waals surface area contributed by atoms with E-state index in [-0.39, 0.29) is 29.2 Å². The predicted molar refractivity (Wildman–Crippen MR) is 120 cm³/mol. The summed E-state index contributed by atoms with van der Waals surface area (Å²) >= 11 is 0. The van der Waals surface area contributed by atoms with Crippen molar-refractivity contribution in [2.24, 2.45) is 0 Å². The van der Waals surface area contributed by atoms with Gasteiger partial charge in [-0.25, -0.2) is 22.8 Å². The summed E-state index contributed by atoms with van der Waals surface area (Å²) in [4.78, 5) is 40.6. The molecule has 2 fully saturated rings. The lowest BCUT2D eigenvalue weighted by molar-refractivity contribution is -0.123. The number of sulfonamides is 1. The molecule has 2 aliphatic heterocycles. The SMILES string of the molecule is COC(=O)c1ccc(N2C(=O)C[C@@H](N3CCC(NS(=O)(=O)c4ccccc4)CC3)C2=O)cc1. The molecular formula is C23H25N3O6S. The molecule has 2 heterocycles. The largest absolute Gasteiger partial charge is 0.465 e. The lowest BCUT2D eigenvalue weighted by Crippen LogP contribution is -2.50. The summed E-state index contributed by atoms with van der Waals surface area (Å²) in [6, 6.07) is 13.5. The molecule has 2 aromatic carbocycles. The molecule has 0 aromatic heterocycles. The van der Waals surface area contributed by atoms with Gasteiger partial charge in [-0.2, -0.15) is 0 Å². The highest BCUT2D eigenvalue weighted by Gasteiger charge is 2.43. The van der Waals surface area contributed by atoms with Gasteiger partial charge in [-0.3, -0.25) is 14.5 Å². The zero-order valence-corrected chi connectivity index (χ0v) is 19.0. The van der Waals surface area contributed by atoms with E-state index in [4.69, 9.17) is 0 Å². The van der Waals surface area contributed by atoms with Crippen molar-refractivity contribution in [2.75, 3.05) is 25.1 Å². The van der Waals surface area contributed by atoms with E-state index in [9.17, 15) is 22.8 Å². The number of hydrogen-bond donors (Lipinski definition) is 1. The first-order valence-electron chi connectivity index (χ1n) is 10.7. The van der Waals surface area contributed by atoms with E-state index in [2.05, 4.69) is 9.46 Å². The number of esters is 1. The topological polar surface area (TPSA) is 113 Å². The van der Waals surface area contributed by atoms with Gasteiger partial charge in [0.2, 0.25) is 15.9 Å². The average molecular weight is 472 g/mol. The van der Waals surface area contributed by atoms with Crippen LogP contribution in [0.2, 0.25) is 0 Å². The number of ether oxygens (including phenoxy) is 1. The van der Waals surface area contributed by atoms with Crippen LogP contribution in [0.1, 0.15) is 29.6 Å². The Balaban J connectivity index is 1.38. The van der Waals surface area contributed by atoms with Crippen LogP contribution in [-0.2, 0) is 24.3 Å². The van der Waals surface area contributed by atoms with Crippen molar-refractivity contribution in [3.8, 4) is 0 Å². The molecule has 0 spiro atoms. The van der Waals surface area contributed by atoms with Crippen molar-refractivity contribution in [3.05, 3.63) is 60.2 Å². The van der Waals surface area contributed by atoms with Crippen LogP contribution in [-0.4, -0.2) is 63.4 Å². The van der Waals surface area contributed by atoms with Crippen molar-refractivity contribution in [1.29, 1.82) is 0 Å². The van der Waals surface area contributed by atoms with Crippen LogP contribution in [0.15, 0.2) is 59.5 Å². The molecular weight excluding hydrogens is 446 g/mol. The Morgan fingerprint density at radius 1 is 1.00 bits per heavy atom. The highest BCUT2D eigenvalue weighted by atomic mass is 32.2. The molecule has 2 aliphatic rings. The van der Waals surface area contributed by atoms with Gasteiger partial charge < -0.3 is 4.74 Å². The van der Waals surface area contributed by atoms with Gasteiger partial charge >= 0.3 is 5.97 Å². The zero-order valence-electron chi connectivity index (χ0n) is 18.1. The van der Waals surface area contributed by atoms with Crippen LogP contribution in [0, 0.1) is 0 Å². The third-order valence-electron chi connectivity index (χ3n) is 6.02. The number of carbonyl (C=O) groups is 3. The summed E-state index contributed by atoms with van der Waals surface area (Å²) in [5.41, 5.74) is 0.739. The number of carbonyl (C=O) groups excluding carboxylic acids is 3. The van der Waals surface area contributed by atoms with Crippen LogP contribution in [0.5, 0.6) is 0 Å². The first-order valence-corrected chi connectivity index (χ1v) is 12.1. The molecule has 0 saturated carbocycles. The molecule has 2 amide bonds. The number of amides is 2. The maximum Gasteiger partial charge on any atom is 0.337 e. The second-order valence-corrected chi connectivity index (χ2v) is 9.78. The maximum absolute atomic E-state index is 13.0. The number of rotatable bonds is 6. The highest BCUT2D eigenvalue weighted by Crippen LogP contribution is 2.28. The molecule has 0 radical (unpaired) electrons. The number of nitrogens with one attached hydrogen (secondary N) is 1. The fraction of sp³-hybridized carbons (Fsp3) is 0.348. The third-order valence-corrected chi connectivity index (χ3v) is 7.55. The van der Waals surface area contributed by atoms with Crippen LogP contribution in [0.4, 0.5) is 5.69 Å². The summed E-state index contributed by atoms with van der Waals surface area (Å²) in [6.07, 6.45) is 1.15. The van der Waals surface area contributed by atoms with Crippen molar-refractivity contribution < 1.29 is 27.5 Å². The predicted octanol–water partition coefficient (Wildman–Crippen LogP) is 1.55. The third kappa shape index (κ3) is 4.82. The minimum Gasteiger partial charge on any atom is -0.465 e. The van der Waals surface area contributed by atoms with Crippen molar-refractivity contribution in [3.63, 3.8) is 0 Å². The Bertz CT molecular complexity index is 1140.